The first-order chi connectivity index (χ1) is 10.5. The Morgan fingerprint density at radius 2 is 1.95 bits per heavy atom. The molecule has 0 amide bonds. The van der Waals surface area contributed by atoms with Gasteiger partial charge in [0.2, 0.25) is 12.5 Å². The van der Waals surface area contributed by atoms with Gasteiger partial charge in [-0.3, -0.25) is 4.90 Å². The molecule has 3 rings (SSSR count). The van der Waals surface area contributed by atoms with E-state index in [-0.39, 0.29) is 18.1 Å². The lowest BCUT2D eigenvalue weighted by molar-refractivity contribution is -0.187. The highest BCUT2D eigenvalue weighted by atomic mass is 19.4. The molecule has 1 fully saturated rings. The smallest absolute Gasteiger partial charge is 0.408 e. The van der Waals surface area contributed by atoms with Gasteiger partial charge in [-0.25, -0.2) is 0 Å². The topological polar surface area (TPSA) is 43.0 Å². The van der Waals surface area contributed by atoms with Crippen LogP contribution in [0, 0.1) is 0 Å². The minimum absolute atomic E-state index is 0.0144. The highest BCUT2D eigenvalue weighted by Gasteiger charge is 2.45. The molecule has 122 valence electrons. The maximum atomic E-state index is 13.6. The van der Waals surface area contributed by atoms with Crippen molar-refractivity contribution in [2.75, 3.05) is 40.1 Å². The van der Waals surface area contributed by atoms with Gasteiger partial charge in [0, 0.05) is 26.2 Å². The molecular weight excluding hydrogens is 301 g/mol. The van der Waals surface area contributed by atoms with Gasteiger partial charge in [-0.15, -0.1) is 0 Å². The van der Waals surface area contributed by atoms with Crippen LogP contribution in [0.1, 0.15) is 11.6 Å². The molecule has 0 aromatic heterocycles. The molecule has 0 aliphatic carbocycles. The molecule has 1 atom stereocenters. The summed E-state index contributed by atoms with van der Waals surface area (Å²) in [6.45, 7) is 1.73. The zero-order valence-electron chi connectivity index (χ0n) is 12.1. The predicted molar refractivity (Wildman–Crippen MR) is 72.4 cm³/mol. The van der Waals surface area contributed by atoms with Crippen molar-refractivity contribution >= 4 is 0 Å². The van der Waals surface area contributed by atoms with Crippen LogP contribution in [0.25, 0.3) is 0 Å². The van der Waals surface area contributed by atoms with Crippen LogP contribution in [-0.4, -0.2) is 51.2 Å². The molecule has 0 saturated carbocycles. The summed E-state index contributed by atoms with van der Waals surface area (Å²) in [5, 5.41) is 3.06. The third kappa shape index (κ3) is 2.80. The number of benzene rings is 1. The fourth-order valence-corrected chi connectivity index (χ4v) is 2.85. The number of piperazine rings is 1. The van der Waals surface area contributed by atoms with Gasteiger partial charge in [0.25, 0.3) is 0 Å². The normalized spacial score (nSPS) is 20.0. The molecule has 8 heteroatoms. The van der Waals surface area contributed by atoms with Crippen molar-refractivity contribution < 1.29 is 27.4 Å². The number of rotatable bonds is 3. The van der Waals surface area contributed by atoms with Crippen LogP contribution in [0.2, 0.25) is 0 Å². The molecule has 2 aliphatic rings. The number of hydrogen-bond acceptors (Lipinski definition) is 5. The van der Waals surface area contributed by atoms with Crippen molar-refractivity contribution in [1.29, 1.82) is 0 Å². The molecule has 22 heavy (non-hydrogen) atoms. The number of ether oxygens (including phenoxy) is 3. The lowest BCUT2D eigenvalue weighted by Gasteiger charge is -2.36. The van der Waals surface area contributed by atoms with E-state index in [0.29, 0.717) is 37.7 Å². The maximum absolute atomic E-state index is 13.6. The van der Waals surface area contributed by atoms with E-state index in [1.54, 1.807) is 0 Å². The summed E-state index contributed by atoms with van der Waals surface area (Å²) in [7, 11) is 1.40. The van der Waals surface area contributed by atoms with Gasteiger partial charge in [0.05, 0.1) is 7.11 Å². The van der Waals surface area contributed by atoms with Gasteiger partial charge in [-0.1, -0.05) is 0 Å². The van der Waals surface area contributed by atoms with Gasteiger partial charge in [0.15, 0.2) is 11.5 Å². The van der Waals surface area contributed by atoms with Crippen molar-refractivity contribution in [3.05, 3.63) is 17.7 Å². The fraction of sp³-hybridized carbons (Fsp3) is 0.571. The molecule has 0 radical (unpaired) electrons. The van der Waals surface area contributed by atoms with Gasteiger partial charge in [-0.2, -0.15) is 13.2 Å². The molecule has 2 aliphatic heterocycles. The SMILES string of the molecule is COc1cc([C@@H](N2CCNCC2)C(F)(F)F)cc2c1OCO2. The summed E-state index contributed by atoms with van der Waals surface area (Å²) in [6, 6.07) is 1.09. The van der Waals surface area contributed by atoms with Gasteiger partial charge < -0.3 is 19.5 Å². The zero-order chi connectivity index (χ0) is 15.7. The van der Waals surface area contributed by atoms with Crippen LogP contribution in [0.5, 0.6) is 17.2 Å². The number of hydrogen-bond donors (Lipinski definition) is 1. The van der Waals surface area contributed by atoms with E-state index >= 15 is 0 Å². The standard InChI is InChI=1S/C14H17F3N2O3/c1-20-10-6-9(7-11-12(10)22-8-21-11)13(14(15,16)17)19-4-2-18-3-5-19/h6-7,13,18H,2-5,8H2,1H3/t13-/m1/s1. The molecule has 0 spiro atoms. The average molecular weight is 318 g/mol. The predicted octanol–water partition coefficient (Wildman–Crippen LogP) is 1.93. The van der Waals surface area contributed by atoms with E-state index in [9.17, 15) is 13.2 Å². The molecule has 0 unspecified atom stereocenters. The summed E-state index contributed by atoms with van der Waals surface area (Å²) < 4.78 is 56.4. The van der Waals surface area contributed by atoms with E-state index in [2.05, 4.69) is 5.32 Å². The second-order valence-electron chi connectivity index (χ2n) is 5.19. The Morgan fingerprint density at radius 3 is 2.59 bits per heavy atom. The molecule has 1 aromatic rings. The summed E-state index contributed by atoms with van der Waals surface area (Å²) in [5.74, 6) is 0.903. The highest BCUT2D eigenvalue weighted by molar-refractivity contribution is 5.55. The summed E-state index contributed by atoms with van der Waals surface area (Å²) in [6.07, 6.45) is -4.38. The Labute approximate surface area is 125 Å². The third-order valence-corrected chi connectivity index (χ3v) is 3.82. The monoisotopic (exact) mass is 318 g/mol. The van der Waals surface area contributed by atoms with Crippen molar-refractivity contribution in [2.24, 2.45) is 0 Å². The van der Waals surface area contributed by atoms with Crippen LogP contribution in [0.3, 0.4) is 0 Å². The zero-order valence-corrected chi connectivity index (χ0v) is 12.1. The number of alkyl halides is 3. The van der Waals surface area contributed by atoms with Crippen molar-refractivity contribution in [1.82, 2.24) is 10.2 Å². The Kier molecular flexibility index (Phi) is 4.05. The number of fused-ring (bicyclic) bond motifs is 1. The van der Waals surface area contributed by atoms with Crippen LogP contribution in [-0.2, 0) is 0 Å². The second kappa shape index (κ2) is 5.85. The van der Waals surface area contributed by atoms with Crippen molar-refractivity contribution in [2.45, 2.75) is 12.2 Å². The summed E-state index contributed by atoms with van der Waals surface area (Å²) in [5.41, 5.74) is 0.107. The Morgan fingerprint density at radius 1 is 1.23 bits per heavy atom. The molecular formula is C14H17F3N2O3. The minimum Gasteiger partial charge on any atom is -0.493 e. The fourth-order valence-electron chi connectivity index (χ4n) is 2.85. The van der Waals surface area contributed by atoms with Crippen LogP contribution in [0.15, 0.2) is 12.1 Å². The first-order valence-electron chi connectivity index (χ1n) is 6.99. The Bertz CT molecular complexity index is 545. The second-order valence-corrected chi connectivity index (χ2v) is 5.19. The van der Waals surface area contributed by atoms with Gasteiger partial charge >= 0.3 is 6.18 Å². The van der Waals surface area contributed by atoms with Crippen LogP contribution >= 0.6 is 0 Å². The molecule has 2 heterocycles. The summed E-state index contributed by atoms with van der Waals surface area (Å²) >= 11 is 0. The first-order valence-corrected chi connectivity index (χ1v) is 6.99. The van der Waals surface area contributed by atoms with Gasteiger partial charge in [0.1, 0.15) is 6.04 Å². The Hall–Kier alpha value is -1.67. The summed E-state index contributed by atoms with van der Waals surface area (Å²) in [4.78, 5) is 1.42. The number of nitrogens with zero attached hydrogens (tertiary/aromatic N) is 1. The van der Waals surface area contributed by atoms with Crippen LogP contribution in [0.4, 0.5) is 13.2 Å². The van der Waals surface area contributed by atoms with E-state index in [4.69, 9.17) is 14.2 Å². The van der Waals surface area contributed by atoms with E-state index in [1.807, 2.05) is 0 Å². The largest absolute Gasteiger partial charge is 0.493 e. The Balaban J connectivity index is 2.00. The van der Waals surface area contributed by atoms with Crippen LogP contribution < -0.4 is 19.5 Å². The average Bonchev–Trinajstić information content (AvgIpc) is 2.94. The van der Waals surface area contributed by atoms with Crippen molar-refractivity contribution in [3.63, 3.8) is 0 Å². The molecule has 0 bridgehead atoms. The van der Waals surface area contributed by atoms with E-state index in [1.165, 1.54) is 24.1 Å². The minimum atomic E-state index is -4.38. The molecule has 1 saturated heterocycles. The molecule has 1 aromatic carbocycles. The van der Waals surface area contributed by atoms with Gasteiger partial charge in [-0.05, 0) is 17.7 Å². The lowest BCUT2D eigenvalue weighted by Crippen LogP contribution is -2.49. The molecule has 1 N–H and O–H groups in total. The first kappa shape index (κ1) is 15.2. The number of halogens is 3. The van der Waals surface area contributed by atoms with E-state index in [0.717, 1.165) is 0 Å². The third-order valence-electron chi connectivity index (χ3n) is 3.82. The highest BCUT2D eigenvalue weighted by Crippen LogP contribution is 2.46. The maximum Gasteiger partial charge on any atom is 0.408 e. The number of methoxy groups -OCH3 is 1. The molecule has 5 nitrogen and oxygen atoms in total. The van der Waals surface area contributed by atoms with E-state index < -0.39 is 12.2 Å². The van der Waals surface area contributed by atoms with Crippen molar-refractivity contribution in [3.8, 4) is 17.2 Å². The number of nitrogens with one attached hydrogen (secondary N) is 1. The lowest BCUT2D eigenvalue weighted by atomic mass is 10.0. The quantitative estimate of drug-likeness (QED) is 0.922.